The molecular formula is C12H15ClNO. The summed E-state index contributed by atoms with van der Waals surface area (Å²) in [7, 11) is 0. The molecule has 0 saturated heterocycles. The average Bonchev–Trinajstić information content (AvgIpc) is 2.18. The molecule has 1 aliphatic carbocycles. The van der Waals surface area contributed by atoms with Crippen molar-refractivity contribution in [1.29, 1.82) is 0 Å². The molecule has 1 aromatic carbocycles. The Bertz CT molecular complexity index is 334. The van der Waals surface area contributed by atoms with Crippen LogP contribution in [0.25, 0.3) is 0 Å². The van der Waals surface area contributed by atoms with Gasteiger partial charge < -0.3 is 10.4 Å². The van der Waals surface area contributed by atoms with E-state index in [9.17, 15) is 5.11 Å². The second kappa shape index (κ2) is 4.42. The Morgan fingerprint density at radius 3 is 2.93 bits per heavy atom. The molecular weight excluding hydrogens is 210 g/mol. The van der Waals surface area contributed by atoms with Gasteiger partial charge in [0.2, 0.25) is 0 Å². The molecule has 1 aromatic rings. The highest BCUT2D eigenvalue weighted by atomic mass is 35.5. The molecule has 1 unspecified atom stereocenters. The zero-order chi connectivity index (χ0) is 10.7. The summed E-state index contributed by atoms with van der Waals surface area (Å²) in [5.74, 6) is 0. The first-order valence-electron chi connectivity index (χ1n) is 5.26. The summed E-state index contributed by atoms with van der Waals surface area (Å²) < 4.78 is 0. The van der Waals surface area contributed by atoms with E-state index in [1.807, 2.05) is 24.3 Å². The third-order valence-corrected chi connectivity index (χ3v) is 2.92. The fraction of sp³-hybridized carbons (Fsp3) is 0.417. The lowest BCUT2D eigenvalue weighted by Gasteiger charge is -2.33. The number of hydrogen-bond donors (Lipinski definition) is 2. The molecule has 2 rings (SSSR count). The van der Waals surface area contributed by atoms with Crippen molar-refractivity contribution in [3.05, 3.63) is 35.7 Å². The van der Waals surface area contributed by atoms with Gasteiger partial charge in [-0.15, -0.1) is 0 Å². The molecule has 1 atom stereocenters. The smallest absolute Gasteiger partial charge is 0.135 e. The van der Waals surface area contributed by atoms with E-state index in [0.29, 0.717) is 11.4 Å². The van der Waals surface area contributed by atoms with Crippen LogP contribution in [0.5, 0.6) is 0 Å². The van der Waals surface area contributed by atoms with E-state index in [0.717, 1.165) is 24.9 Å². The summed E-state index contributed by atoms with van der Waals surface area (Å²) in [5, 5.41) is 14.1. The quantitative estimate of drug-likeness (QED) is 0.757. The van der Waals surface area contributed by atoms with Crippen LogP contribution in [0.1, 0.15) is 25.7 Å². The van der Waals surface area contributed by atoms with Crippen molar-refractivity contribution < 1.29 is 5.11 Å². The predicted molar refractivity (Wildman–Crippen MR) is 62.8 cm³/mol. The van der Waals surface area contributed by atoms with E-state index < -0.39 is 5.72 Å². The molecule has 3 heteroatoms. The highest BCUT2D eigenvalue weighted by Gasteiger charge is 2.28. The highest BCUT2D eigenvalue weighted by molar-refractivity contribution is 6.30. The maximum atomic E-state index is 10.2. The van der Waals surface area contributed by atoms with E-state index in [-0.39, 0.29) is 0 Å². The summed E-state index contributed by atoms with van der Waals surface area (Å²) in [6, 6.07) is 7.44. The Labute approximate surface area is 95.3 Å². The zero-order valence-electron chi connectivity index (χ0n) is 8.54. The standard InChI is InChI=1S/C12H15ClNO/c13-10-5-4-6-11(9-10)14-12(15)7-2-1-3-8-12/h2,4-6,9,14-15H,1,3,7-8H2. The molecule has 1 fully saturated rings. The molecule has 0 heterocycles. The van der Waals surface area contributed by atoms with Crippen LogP contribution in [-0.2, 0) is 0 Å². The van der Waals surface area contributed by atoms with Crippen molar-refractivity contribution >= 4 is 17.3 Å². The molecule has 0 aromatic heterocycles. The Kier molecular flexibility index (Phi) is 3.17. The molecule has 0 aliphatic heterocycles. The van der Waals surface area contributed by atoms with E-state index in [2.05, 4.69) is 11.7 Å². The minimum absolute atomic E-state index is 0.684. The molecule has 0 spiro atoms. The lowest BCUT2D eigenvalue weighted by molar-refractivity contribution is 0.0466. The van der Waals surface area contributed by atoms with Crippen LogP contribution in [-0.4, -0.2) is 10.8 Å². The van der Waals surface area contributed by atoms with E-state index in [1.165, 1.54) is 0 Å². The average molecular weight is 225 g/mol. The van der Waals surface area contributed by atoms with Crippen LogP contribution in [0, 0.1) is 6.42 Å². The first kappa shape index (κ1) is 10.8. The van der Waals surface area contributed by atoms with Gasteiger partial charge in [0, 0.05) is 10.7 Å². The van der Waals surface area contributed by atoms with Gasteiger partial charge in [-0.1, -0.05) is 17.7 Å². The van der Waals surface area contributed by atoms with E-state index in [1.54, 1.807) is 0 Å². The van der Waals surface area contributed by atoms with Crippen molar-refractivity contribution in [1.82, 2.24) is 0 Å². The number of benzene rings is 1. The van der Waals surface area contributed by atoms with Crippen LogP contribution in [0.2, 0.25) is 5.02 Å². The molecule has 0 amide bonds. The predicted octanol–water partition coefficient (Wildman–Crippen LogP) is 3.22. The largest absolute Gasteiger partial charge is 0.371 e. The number of hydrogen-bond acceptors (Lipinski definition) is 2. The third kappa shape index (κ3) is 2.86. The van der Waals surface area contributed by atoms with Crippen LogP contribution in [0.4, 0.5) is 5.69 Å². The van der Waals surface area contributed by atoms with Crippen molar-refractivity contribution in [2.75, 3.05) is 5.32 Å². The fourth-order valence-electron chi connectivity index (χ4n) is 1.93. The minimum Gasteiger partial charge on any atom is -0.371 e. The number of nitrogens with one attached hydrogen (secondary N) is 1. The van der Waals surface area contributed by atoms with Gasteiger partial charge in [0.05, 0.1) is 0 Å². The van der Waals surface area contributed by atoms with Crippen molar-refractivity contribution in [2.45, 2.75) is 31.4 Å². The molecule has 0 bridgehead atoms. The highest BCUT2D eigenvalue weighted by Crippen LogP contribution is 2.29. The Hall–Kier alpha value is -0.730. The first-order valence-corrected chi connectivity index (χ1v) is 5.64. The minimum atomic E-state index is -0.789. The lowest BCUT2D eigenvalue weighted by atomic mass is 9.91. The monoisotopic (exact) mass is 224 g/mol. The molecule has 1 radical (unpaired) electrons. The van der Waals surface area contributed by atoms with Crippen LogP contribution in [0.15, 0.2) is 24.3 Å². The number of aliphatic hydroxyl groups is 1. The molecule has 15 heavy (non-hydrogen) atoms. The van der Waals surface area contributed by atoms with Gasteiger partial charge in [-0.25, -0.2) is 0 Å². The summed E-state index contributed by atoms with van der Waals surface area (Å²) in [6.45, 7) is 0. The lowest BCUT2D eigenvalue weighted by Crippen LogP contribution is -2.40. The summed E-state index contributed by atoms with van der Waals surface area (Å²) in [6.07, 6.45) is 5.74. The topological polar surface area (TPSA) is 32.3 Å². The number of anilines is 1. The molecule has 2 N–H and O–H groups in total. The Balaban J connectivity index is 2.06. The summed E-state index contributed by atoms with van der Waals surface area (Å²) in [5.41, 5.74) is 0.0865. The maximum Gasteiger partial charge on any atom is 0.135 e. The Morgan fingerprint density at radius 1 is 1.40 bits per heavy atom. The molecule has 1 saturated carbocycles. The second-order valence-electron chi connectivity index (χ2n) is 4.05. The molecule has 2 nitrogen and oxygen atoms in total. The third-order valence-electron chi connectivity index (χ3n) is 2.68. The maximum absolute atomic E-state index is 10.2. The van der Waals surface area contributed by atoms with Gasteiger partial charge in [0.1, 0.15) is 5.72 Å². The van der Waals surface area contributed by atoms with Crippen molar-refractivity contribution in [2.24, 2.45) is 0 Å². The van der Waals surface area contributed by atoms with E-state index in [4.69, 9.17) is 11.6 Å². The van der Waals surface area contributed by atoms with Gasteiger partial charge in [-0.2, -0.15) is 0 Å². The van der Waals surface area contributed by atoms with Gasteiger partial charge in [0.25, 0.3) is 0 Å². The van der Waals surface area contributed by atoms with Crippen molar-refractivity contribution in [3.63, 3.8) is 0 Å². The molecule has 1 aliphatic rings. The van der Waals surface area contributed by atoms with E-state index >= 15 is 0 Å². The van der Waals surface area contributed by atoms with Gasteiger partial charge >= 0.3 is 0 Å². The van der Waals surface area contributed by atoms with Gasteiger partial charge in [-0.05, 0) is 50.3 Å². The van der Waals surface area contributed by atoms with Crippen LogP contribution < -0.4 is 5.32 Å². The van der Waals surface area contributed by atoms with Crippen molar-refractivity contribution in [3.8, 4) is 0 Å². The Morgan fingerprint density at radius 2 is 2.27 bits per heavy atom. The summed E-state index contributed by atoms with van der Waals surface area (Å²) in [4.78, 5) is 0. The normalized spacial score (nSPS) is 19.9. The van der Waals surface area contributed by atoms with Gasteiger partial charge in [0.15, 0.2) is 0 Å². The van der Waals surface area contributed by atoms with Crippen LogP contribution in [0.3, 0.4) is 0 Å². The number of rotatable bonds is 2. The number of halogens is 1. The first-order chi connectivity index (χ1) is 7.18. The van der Waals surface area contributed by atoms with Gasteiger partial charge in [-0.3, -0.25) is 0 Å². The fourth-order valence-corrected chi connectivity index (χ4v) is 2.12. The van der Waals surface area contributed by atoms with Crippen LogP contribution >= 0.6 is 11.6 Å². The zero-order valence-corrected chi connectivity index (χ0v) is 9.30. The summed E-state index contributed by atoms with van der Waals surface area (Å²) >= 11 is 5.88. The SMILES string of the molecule is OC1(Nc2cccc(Cl)c2)C[CH]CCC1. The molecule has 81 valence electrons. The second-order valence-corrected chi connectivity index (χ2v) is 4.49.